The van der Waals surface area contributed by atoms with E-state index in [-0.39, 0.29) is 5.92 Å². The summed E-state index contributed by atoms with van der Waals surface area (Å²) in [6.45, 7) is 3.51. The summed E-state index contributed by atoms with van der Waals surface area (Å²) in [6.07, 6.45) is 0.443. The van der Waals surface area contributed by atoms with Gasteiger partial charge in [-0.3, -0.25) is 4.79 Å². The van der Waals surface area contributed by atoms with E-state index < -0.39 is 46.6 Å². The van der Waals surface area contributed by atoms with Crippen molar-refractivity contribution in [2.24, 2.45) is 5.92 Å². The Balaban J connectivity index is 3.19. The summed E-state index contributed by atoms with van der Waals surface area (Å²) in [5, 5.41) is 2.79. The summed E-state index contributed by atoms with van der Waals surface area (Å²) >= 11 is 3.16. The molecule has 0 fully saturated rings. The number of halogens is 6. The average molecular weight is 374 g/mol. The zero-order valence-corrected chi connectivity index (χ0v) is 12.8. The molecule has 8 heteroatoms. The van der Waals surface area contributed by atoms with Crippen molar-refractivity contribution in [3.8, 4) is 0 Å². The standard InChI is InChI=1S/C13H13BrF5NO/c1-5(2)6(3-4-14)20-13(21)7-8(15)10(17)12(19)11(18)9(7)16/h5-6H,3-4H2,1-2H3,(H,20,21). The molecule has 1 aromatic rings. The van der Waals surface area contributed by atoms with Gasteiger partial charge in [0, 0.05) is 11.4 Å². The van der Waals surface area contributed by atoms with E-state index in [2.05, 4.69) is 21.2 Å². The fourth-order valence-corrected chi connectivity index (χ4v) is 2.23. The SMILES string of the molecule is CC(C)C(CCBr)NC(=O)c1c(F)c(F)c(F)c(F)c1F. The highest BCUT2D eigenvalue weighted by atomic mass is 79.9. The van der Waals surface area contributed by atoms with Crippen molar-refractivity contribution >= 4 is 21.8 Å². The maximum atomic E-state index is 13.5. The predicted octanol–water partition coefficient (Wildman–Crippen LogP) is 3.92. The van der Waals surface area contributed by atoms with Crippen molar-refractivity contribution in [2.45, 2.75) is 26.3 Å². The highest BCUT2D eigenvalue weighted by Crippen LogP contribution is 2.23. The third kappa shape index (κ3) is 3.72. The van der Waals surface area contributed by atoms with Gasteiger partial charge in [-0.1, -0.05) is 29.8 Å². The summed E-state index contributed by atoms with van der Waals surface area (Å²) in [5.41, 5.74) is -1.47. The fourth-order valence-electron chi connectivity index (χ4n) is 1.73. The molecular weight excluding hydrogens is 361 g/mol. The van der Waals surface area contributed by atoms with Crippen LogP contribution in [0.3, 0.4) is 0 Å². The summed E-state index contributed by atoms with van der Waals surface area (Å²) in [4.78, 5) is 11.8. The number of carbonyl (C=O) groups is 1. The molecule has 1 amide bonds. The number of carbonyl (C=O) groups excluding carboxylic acids is 1. The van der Waals surface area contributed by atoms with Crippen LogP contribution in [0.25, 0.3) is 0 Å². The number of hydrogen-bond acceptors (Lipinski definition) is 1. The van der Waals surface area contributed by atoms with Gasteiger partial charge in [0.2, 0.25) is 5.82 Å². The molecule has 1 aromatic carbocycles. The van der Waals surface area contributed by atoms with Crippen molar-refractivity contribution in [1.82, 2.24) is 5.32 Å². The molecule has 0 heterocycles. The van der Waals surface area contributed by atoms with Gasteiger partial charge in [-0.05, 0) is 12.3 Å². The molecule has 0 aliphatic carbocycles. The molecule has 0 spiro atoms. The molecule has 0 radical (unpaired) electrons. The van der Waals surface area contributed by atoms with E-state index in [0.717, 1.165) is 0 Å². The van der Waals surface area contributed by atoms with Crippen LogP contribution in [0.2, 0.25) is 0 Å². The minimum absolute atomic E-state index is 0.0761. The number of hydrogen-bond donors (Lipinski definition) is 1. The minimum atomic E-state index is -2.29. The van der Waals surface area contributed by atoms with Gasteiger partial charge in [-0.25, -0.2) is 22.0 Å². The molecule has 1 unspecified atom stereocenters. The number of alkyl halides is 1. The first-order valence-electron chi connectivity index (χ1n) is 6.10. The molecule has 1 N–H and O–H groups in total. The average Bonchev–Trinajstić information content (AvgIpc) is 2.42. The summed E-state index contributed by atoms with van der Waals surface area (Å²) in [6, 6.07) is -0.466. The van der Waals surface area contributed by atoms with E-state index in [0.29, 0.717) is 11.8 Å². The number of amides is 1. The van der Waals surface area contributed by atoms with Crippen LogP contribution in [0.15, 0.2) is 0 Å². The van der Waals surface area contributed by atoms with E-state index in [1.807, 2.05) is 0 Å². The van der Waals surface area contributed by atoms with Gasteiger partial charge in [0.15, 0.2) is 23.3 Å². The molecule has 0 aliphatic heterocycles. The van der Waals surface area contributed by atoms with E-state index >= 15 is 0 Å². The van der Waals surface area contributed by atoms with E-state index in [4.69, 9.17) is 0 Å². The van der Waals surface area contributed by atoms with Gasteiger partial charge in [-0.2, -0.15) is 0 Å². The van der Waals surface area contributed by atoms with Gasteiger partial charge in [0.25, 0.3) is 5.91 Å². The topological polar surface area (TPSA) is 29.1 Å². The van der Waals surface area contributed by atoms with Crippen LogP contribution in [-0.2, 0) is 0 Å². The zero-order chi connectivity index (χ0) is 16.3. The Bertz CT molecular complexity index is 521. The molecule has 21 heavy (non-hydrogen) atoms. The number of benzene rings is 1. The lowest BCUT2D eigenvalue weighted by Gasteiger charge is -2.22. The highest BCUT2D eigenvalue weighted by molar-refractivity contribution is 9.09. The van der Waals surface area contributed by atoms with Crippen molar-refractivity contribution in [2.75, 3.05) is 5.33 Å². The Morgan fingerprint density at radius 2 is 1.43 bits per heavy atom. The van der Waals surface area contributed by atoms with Crippen molar-refractivity contribution in [1.29, 1.82) is 0 Å². The Morgan fingerprint density at radius 1 is 1.00 bits per heavy atom. The van der Waals surface area contributed by atoms with Crippen LogP contribution in [0.1, 0.15) is 30.6 Å². The first-order valence-corrected chi connectivity index (χ1v) is 7.22. The lowest BCUT2D eigenvalue weighted by molar-refractivity contribution is 0.0913. The Labute approximate surface area is 126 Å². The molecule has 0 bridgehead atoms. The highest BCUT2D eigenvalue weighted by Gasteiger charge is 2.30. The molecule has 1 rings (SSSR count). The number of nitrogens with one attached hydrogen (secondary N) is 1. The second-order valence-electron chi connectivity index (χ2n) is 4.75. The largest absolute Gasteiger partial charge is 0.349 e. The predicted molar refractivity (Wildman–Crippen MR) is 70.7 cm³/mol. The first-order chi connectivity index (χ1) is 9.72. The maximum Gasteiger partial charge on any atom is 0.257 e. The summed E-state index contributed by atoms with van der Waals surface area (Å²) in [5.74, 6) is -12.2. The van der Waals surface area contributed by atoms with E-state index in [1.165, 1.54) is 0 Å². The number of rotatable bonds is 5. The smallest absolute Gasteiger partial charge is 0.257 e. The van der Waals surface area contributed by atoms with Crippen LogP contribution in [-0.4, -0.2) is 17.3 Å². The molecule has 118 valence electrons. The molecule has 0 saturated heterocycles. The quantitative estimate of drug-likeness (QED) is 0.360. The zero-order valence-electron chi connectivity index (χ0n) is 11.2. The molecule has 0 saturated carbocycles. The second-order valence-corrected chi connectivity index (χ2v) is 5.54. The van der Waals surface area contributed by atoms with Crippen LogP contribution in [0, 0.1) is 35.0 Å². The normalized spacial score (nSPS) is 12.6. The van der Waals surface area contributed by atoms with Crippen LogP contribution < -0.4 is 5.32 Å². The first kappa shape index (κ1) is 17.9. The Hall–Kier alpha value is -1.18. The molecule has 0 aromatic heterocycles. The van der Waals surface area contributed by atoms with Crippen LogP contribution in [0.4, 0.5) is 22.0 Å². The lowest BCUT2D eigenvalue weighted by atomic mass is 10.0. The Kier molecular flexibility index (Phi) is 6.12. The maximum absolute atomic E-state index is 13.5. The Morgan fingerprint density at radius 3 is 1.81 bits per heavy atom. The summed E-state index contributed by atoms with van der Waals surface area (Å²) < 4.78 is 66.0. The monoisotopic (exact) mass is 373 g/mol. The molecule has 0 aliphatic rings. The third-order valence-corrected chi connectivity index (χ3v) is 3.44. The van der Waals surface area contributed by atoms with E-state index in [1.54, 1.807) is 13.8 Å². The summed E-state index contributed by atoms with van der Waals surface area (Å²) in [7, 11) is 0. The van der Waals surface area contributed by atoms with Gasteiger partial charge in [0.1, 0.15) is 5.56 Å². The minimum Gasteiger partial charge on any atom is -0.349 e. The van der Waals surface area contributed by atoms with Crippen molar-refractivity contribution in [3.05, 3.63) is 34.6 Å². The second kappa shape index (κ2) is 7.20. The molecule has 1 atom stereocenters. The lowest BCUT2D eigenvalue weighted by Crippen LogP contribution is -2.40. The molecular formula is C13H13BrF5NO. The van der Waals surface area contributed by atoms with Crippen molar-refractivity contribution < 1.29 is 26.7 Å². The van der Waals surface area contributed by atoms with Gasteiger partial charge < -0.3 is 5.32 Å². The van der Waals surface area contributed by atoms with Crippen LogP contribution in [0.5, 0.6) is 0 Å². The van der Waals surface area contributed by atoms with Gasteiger partial charge in [0.05, 0.1) is 0 Å². The molecule has 2 nitrogen and oxygen atoms in total. The van der Waals surface area contributed by atoms with E-state index in [9.17, 15) is 26.7 Å². The van der Waals surface area contributed by atoms with Crippen LogP contribution >= 0.6 is 15.9 Å². The van der Waals surface area contributed by atoms with Gasteiger partial charge in [-0.15, -0.1) is 0 Å². The van der Waals surface area contributed by atoms with Crippen molar-refractivity contribution in [3.63, 3.8) is 0 Å². The fraction of sp³-hybridized carbons (Fsp3) is 0.462. The third-order valence-electron chi connectivity index (χ3n) is 2.98. The van der Waals surface area contributed by atoms with Gasteiger partial charge >= 0.3 is 0 Å².